The van der Waals surface area contributed by atoms with Gasteiger partial charge in [-0.25, -0.2) is 4.39 Å². The van der Waals surface area contributed by atoms with Gasteiger partial charge in [0.2, 0.25) is 0 Å². The zero-order valence-electron chi connectivity index (χ0n) is 11.6. The predicted molar refractivity (Wildman–Crippen MR) is 85.5 cm³/mol. The Hall–Kier alpha value is -2.31. The number of hydrogen-bond donors (Lipinski definition) is 2. The number of carbonyl (C=O) groups is 2. The third-order valence-corrected chi connectivity index (χ3v) is 3.35. The van der Waals surface area contributed by atoms with Gasteiger partial charge >= 0.3 is 0 Å². The molecule has 0 unspecified atom stereocenters. The number of primary amides is 1. The van der Waals surface area contributed by atoms with Crippen LogP contribution in [0.1, 0.15) is 10.4 Å². The maximum atomic E-state index is 13.4. The van der Waals surface area contributed by atoms with E-state index in [1.54, 1.807) is 24.3 Å². The van der Waals surface area contributed by atoms with Crippen LogP contribution in [0.5, 0.6) is 5.75 Å². The molecule has 0 atom stereocenters. The van der Waals surface area contributed by atoms with Crippen molar-refractivity contribution >= 4 is 40.7 Å². The van der Waals surface area contributed by atoms with Crippen LogP contribution in [0.25, 0.3) is 0 Å². The first-order chi connectivity index (χ1) is 10.9. The van der Waals surface area contributed by atoms with Crippen molar-refractivity contribution in [3.05, 3.63) is 57.8 Å². The monoisotopic (exact) mass is 356 g/mol. The predicted octanol–water partition coefficient (Wildman–Crippen LogP) is 3.25. The highest BCUT2D eigenvalue weighted by Crippen LogP contribution is 2.25. The van der Waals surface area contributed by atoms with Crippen molar-refractivity contribution in [2.75, 3.05) is 11.9 Å². The van der Waals surface area contributed by atoms with Crippen molar-refractivity contribution in [1.82, 2.24) is 0 Å². The summed E-state index contributed by atoms with van der Waals surface area (Å²) in [5, 5.41) is 2.43. The van der Waals surface area contributed by atoms with Crippen molar-refractivity contribution in [2.45, 2.75) is 0 Å². The molecule has 0 spiro atoms. The van der Waals surface area contributed by atoms with Crippen molar-refractivity contribution in [1.29, 1.82) is 0 Å². The number of anilines is 1. The lowest BCUT2D eigenvalue weighted by atomic mass is 10.2. The number of nitrogens with two attached hydrogens (primary N) is 1. The first-order valence-electron chi connectivity index (χ1n) is 6.34. The SMILES string of the molecule is NC(=O)COc1ccc(NC(=O)c2cc(F)c(Cl)cc2Cl)cc1. The van der Waals surface area contributed by atoms with Crippen LogP contribution in [0.4, 0.5) is 10.1 Å². The Morgan fingerprint density at radius 2 is 1.78 bits per heavy atom. The molecule has 0 saturated heterocycles. The van der Waals surface area contributed by atoms with Crippen LogP contribution in [0.2, 0.25) is 10.0 Å². The van der Waals surface area contributed by atoms with Gasteiger partial charge in [0, 0.05) is 5.69 Å². The second-order valence-electron chi connectivity index (χ2n) is 4.48. The average molecular weight is 357 g/mol. The number of rotatable bonds is 5. The van der Waals surface area contributed by atoms with Gasteiger partial charge in [-0.05, 0) is 36.4 Å². The molecule has 0 heterocycles. The lowest BCUT2D eigenvalue weighted by molar-refractivity contribution is -0.119. The lowest BCUT2D eigenvalue weighted by Gasteiger charge is -2.09. The Kier molecular flexibility index (Phi) is 5.41. The third kappa shape index (κ3) is 4.58. The standard InChI is InChI=1S/C15H11Cl2FN2O3/c16-11-6-12(17)13(18)5-10(11)15(22)20-8-1-3-9(4-2-8)23-7-14(19)21/h1-6H,7H2,(H2,19,21)(H,20,22). The maximum absolute atomic E-state index is 13.4. The van der Waals surface area contributed by atoms with E-state index < -0.39 is 17.6 Å². The van der Waals surface area contributed by atoms with Gasteiger partial charge < -0.3 is 15.8 Å². The number of hydrogen-bond acceptors (Lipinski definition) is 3. The van der Waals surface area contributed by atoms with E-state index in [0.717, 1.165) is 12.1 Å². The molecule has 0 aliphatic rings. The molecule has 8 heteroatoms. The highest BCUT2D eigenvalue weighted by molar-refractivity contribution is 6.37. The minimum Gasteiger partial charge on any atom is -0.484 e. The van der Waals surface area contributed by atoms with E-state index in [0.29, 0.717) is 11.4 Å². The fourth-order valence-electron chi connectivity index (χ4n) is 1.68. The molecule has 0 aliphatic heterocycles. The normalized spacial score (nSPS) is 10.2. The summed E-state index contributed by atoms with van der Waals surface area (Å²) >= 11 is 11.5. The second-order valence-corrected chi connectivity index (χ2v) is 5.29. The summed E-state index contributed by atoms with van der Waals surface area (Å²) in [5.41, 5.74) is 5.36. The van der Waals surface area contributed by atoms with E-state index in [2.05, 4.69) is 5.32 Å². The first kappa shape index (κ1) is 17.1. The van der Waals surface area contributed by atoms with E-state index in [9.17, 15) is 14.0 Å². The summed E-state index contributed by atoms with van der Waals surface area (Å²) in [5.74, 6) is -1.51. The van der Waals surface area contributed by atoms with Crippen molar-refractivity contribution < 1.29 is 18.7 Å². The van der Waals surface area contributed by atoms with Crippen molar-refractivity contribution in [3.8, 4) is 5.75 Å². The zero-order valence-corrected chi connectivity index (χ0v) is 13.1. The molecule has 0 fully saturated rings. The zero-order chi connectivity index (χ0) is 17.0. The van der Waals surface area contributed by atoms with Crippen LogP contribution in [0.3, 0.4) is 0 Å². The molecule has 0 radical (unpaired) electrons. The summed E-state index contributed by atoms with van der Waals surface area (Å²) in [7, 11) is 0. The second kappa shape index (κ2) is 7.30. The minimum atomic E-state index is -0.739. The molecule has 0 aromatic heterocycles. The molecule has 5 nitrogen and oxygen atoms in total. The summed E-state index contributed by atoms with van der Waals surface area (Å²) in [6, 6.07) is 8.31. The van der Waals surface area contributed by atoms with Gasteiger partial charge in [-0.2, -0.15) is 0 Å². The van der Waals surface area contributed by atoms with Crippen molar-refractivity contribution in [2.24, 2.45) is 5.73 Å². The molecule has 2 aromatic rings. The van der Waals surface area contributed by atoms with E-state index in [4.69, 9.17) is 33.7 Å². The molecular formula is C15H11Cl2FN2O3. The Bertz CT molecular complexity index is 751. The summed E-state index contributed by atoms with van der Waals surface area (Å²) in [4.78, 5) is 22.7. The van der Waals surface area contributed by atoms with Crippen LogP contribution in [0.15, 0.2) is 36.4 Å². The third-order valence-electron chi connectivity index (χ3n) is 2.75. The molecule has 23 heavy (non-hydrogen) atoms. The Morgan fingerprint density at radius 3 is 2.39 bits per heavy atom. The van der Waals surface area contributed by atoms with Gasteiger partial charge in [0.05, 0.1) is 15.6 Å². The maximum Gasteiger partial charge on any atom is 0.257 e. The van der Waals surface area contributed by atoms with Gasteiger partial charge in [0.15, 0.2) is 6.61 Å². The van der Waals surface area contributed by atoms with E-state index in [1.165, 1.54) is 0 Å². The average Bonchev–Trinajstić information content (AvgIpc) is 2.50. The molecular weight excluding hydrogens is 346 g/mol. The van der Waals surface area contributed by atoms with E-state index >= 15 is 0 Å². The van der Waals surface area contributed by atoms with Gasteiger partial charge in [-0.3, -0.25) is 9.59 Å². The van der Waals surface area contributed by atoms with Crippen LogP contribution in [0, 0.1) is 5.82 Å². The molecule has 2 aromatic carbocycles. The highest BCUT2D eigenvalue weighted by Gasteiger charge is 2.14. The number of amides is 2. The van der Waals surface area contributed by atoms with Crippen molar-refractivity contribution in [3.63, 3.8) is 0 Å². The largest absolute Gasteiger partial charge is 0.484 e. The molecule has 3 N–H and O–H groups in total. The van der Waals surface area contributed by atoms with Crippen LogP contribution in [-0.2, 0) is 4.79 Å². The van der Waals surface area contributed by atoms with E-state index in [-0.39, 0.29) is 22.2 Å². The van der Waals surface area contributed by atoms with Crippen LogP contribution in [-0.4, -0.2) is 18.4 Å². The van der Waals surface area contributed by atoms with Gasteiger partial charge in [0.25, 0.3) is 11.8 Å². The Labute approximate surface area is 141 Å². The first-order valence-corrected chi connectivity index (χ1v) is 7.09. The summed E-state index contributed by atoms with van der Waals surface area (Å²) in [6.45, 7) is -0.245. The number of ether oxygens (including phenoxy) is 1. The van der Waals surface area contributed by atoms with Gasteiger partial charge in [-0.1, -0.05) is 23.2 Å². The fraction of sp³-hybridized carbons (Fsp3) is 0.0667. The quantitative estimate of drug-likeness (QED) is 0.806. The minimum absolute atomic E-state index is 0.0373. The summed E-state index contributed by atoms with van der Waals surface area (Å²) in [6.07, 6.45) is 0. The molecule has 0 saturated carbocycles. The Balaban J connectivity index is 2.08. The molecule has 0 aliphatic carbocycles. The van der Waals surface area contributed by atoms with E-state index in [1.807, 2.05) is 0 Å². The molecule has 120 valence electrons. The number of carbonyl (C=O) groups excluding carboxylic acids is 2. The Morgan fingerprint density at radius 1 is 1.13 bits per heavy atom. The number of benzene rings is 2. The van der Waals surface area contributed by atoms with Gasteiger partial charge in [0.1, 0.15) is 11.6 Å². The lowest BCUT2D eigenvalue weighted by Crippen LogP contribution is -2.20. The highest BCUT2D eigenvalue weighted by atomic mass is 35.5. The number of nitrogens with one attached hydrogen (secondary N) is 1. The smallest absolute Gasteiger partial charge is 0.257 e. The topological polar surface area (TPSA) is 81.4 Å². The van der Waals surface area contributed by atoms with Gasteiger partial charge in [-0.15, -0.1) is 0 Å². The summed E-state index contributed by atoms with van der Waals surface area (Å²) < 4.78 is 18.5. The fourth-order valence-corrected chi connectivity index (χ4v) is 2.15. The number of halogens is 3. The molecule has 2 rings (SSSR count). The molecule has 0 bridgehead atoms. The van der Waals surface area contributed by atoms with Crippen LogP contribution >= 0.6 is 23.2 Å². The molecule has 2 amide bonds. The van der Waals surface area contributed by atoms with Crippen LogP contribution < -0.4 is 15.8 Å².